The van der Waals surface area contributed by atoms with E-state index in [1.807, 2.05) is 31.2 Å². The molecule has 2 atom stereocenters. The maximum Gasteiger partial charge on any atom is 0.344 e. The first-order valence-corrected chi connectivity index (χ1v) is 10.7. The zero-order chi connectivity index (χ0) is 20.3. The smallest absolute Gasteiger partial charge is 0.344 e. The van der Waals surface area contributed by atoms with Gasteiger partial charge in [-0.05, 0) is 30.4 Å². The molecule has 4 heterocycles. The van der Waals surface area contributed by atoms with Crippen LogP contribution in [0.4, 0.5) is 0 Å². The second-order valence-corrected chi connectivity index (χ2v) is 8.68. The molecule has 0 spiro atoms. The van der Waals surface area contributed by atoms with Crippen molar-refractivity contribution in [3.63, 3.8) is 0 Å². The number of hydrogen-bond acceptors (Lipinski definition) is 6. The van der Waals surface area contributed by atoms with Crippen molar-refractivity contribution in [1.82, 2.24) is 9.55 Å². The summed E-state index contributed by atoms with van der Waals surface area (Å²) in [5.74, 6) is -0.0245. The maximum absolute atomic E-state index is 13.5. The number of aromatic nitrogens is 2. The summed E-state index contributed by atoms with van der Waals surface area (Å²) >= 11 is 1.37. The van der Waals surface area contributed by atoms with Crippen molar-refractivity contribution in [1.29, 1.82) is 0 Å². The van der Waals surface area contributed by atoms with Crippen LogP contribution in [0.1, 0.15) is 42.4 Å². The Bertz CT molecular complexity index is 1240. The Hall–Kier alpha value is -2.64. The fraction of sp³-hybridized carbons (Fsp3) is 0.318. The van der Waals surface area contributed by atoms with Gasteiger partial charge in [0.25, 0.3) is 5.56 Å². The van der Waals surface area contributed by atoms with Crippen molar-refractivity contribution < 1.29 is 14.6 Å². The molecule has 0 aliphatic carbocycles. The number of para-hydroxylation sites is 1. The second-order valence-electron chi connectivity index (χ2n) is 7.34. The number of carbonyl (C=O) groups excluding carboxylic acids is 1. The van der Waals surface area contributed by atoms with E-state index in [9.17, 15) is 14.7 Å². The lowest BCUT2D eigenvalue weighted by Crippen LogP contribution is -2.45. The lowest BCUT2D eigenvalue weighted by Gasteiger charge is -2.35. The molecule has 2 aromatic heterocycles. The van der Waals surface area contributed by atoms with Gasteiger partial charge in [-0.3, -0.25) is 4.79 Å². The number of nitrogens with zero attached hydrogens (tertiary/aromatic N) is 2. The van der Waals surface area contributed by atoms with Crippen molar-refractivity contribution in [3.05, 3.63) is 63.4 Å². The number of aliphatic hydroxyl groups is 1. The first-order chi connectivity index (χ1) is 14.0. The molecule has 0 amide bonds. The highest BCUT2D eigenvalue weighted by Gasteiger charge is 2.48. The molecule has 0 radical (unpaired) electrons. The van der Waals surface area contributed by atoms with Crippen LogP contribution in [0.3, 0.4) is 0 Å². The Kier molecular flexibility index (Phi) is 4.08. The molecule has 2 aliphatic rings. The van der Waals surface area contributed by atoms with Gasteiger partial charge in [0.2, 0.25) is 0 Å². The van der Waals surface area contributed by atoms with E-state index < -0.39 is 17.0 Å². The third kappa shape index (κ3) is 2.50. The van der Waals surface area contributed by atoms with E-state index in [0.717, 1.165) is 22.2 Å². The molecule has 0 saturated carbocycles. The van der Waals surface area contributed by atoms with Gasteiger partial charge in [-0.2, -0.15) is 0 Å². The van der Waals surface area contributed by atoms with Crippen molar-refractivity contribution in [2.75, 3.05) is 5.75 Å². The van der Waals surface area contributed by atoms with Gasteiger partial charge in [-0.15, -0.1) is 11.8 Å². The van der Waals surface area contributed by atoms with Gasteiger partial charge < -0.3 is 14.4 Å². The monoisotopic (exact) mass is 408 g/mol. The number of hydrogen-bond donors (Lipinski definition) is 1. The van der Waals surface area contributed by atoms with Crippen LogP contribution in [0, 0.1) is 0 Å². The van der Waals surface area contributed by atoms with E-state index in [4.69, 9.17) is 9.72 Å². The molecule has 0 fully saturated rings. The average Bonchev–Trinajstić information content (AvgIpc) is 3.08. The quantitative estimate of drug-likeness (QED) is 0.524. The molecule has 7 heteroatoms. The Balaban J connectivity index is 1.80. The summed E-state index contributed by atoms with van der Waals surface area (Å²) < 4.78 is 7.16. The SMILES string of the molecule is CCSC1OC(=O)[C@](O)(CC)c2cc3n(c(=O)c21)Cc1cc2ccccc2nc1-3. The number of fused-ring (bicyclic) bond motifs is 5. The van der Waals surface area contributed by atoms with Crippen molar-refractivity contribution >= 4 is 28.6 Å². The summed E-state index contributed by atoms with van der Waals surface area (Å²) in [6.45, 7) is 4.06. The van der Waals surface area contributed by atoms with E-state index >= 15 is 0 Å². The third-order valence-electron chi connectivity index (χ3n) is 5.77. The van der Waals surface area contributed by atoms with E-state index in [-0.39, 0.29) is 12.0 Å². The Morgan fingerprint density at radius 2 is 2.07 bits per heavy atom. The zero-order valence-electron chi connectivity index (χ0n) is 16.1. The van der Waals surface area contributed by atoms with Crippen molar-refractivity contribution in [3.8, 4) is 11.4 Å². The van der Waals surface area contributed by atoms with E-state index in [1.54, 1.807) is 17.6 Å². The lowest BCUT2D eigenvalue weighted by molar-refractivity contribution is -0.172. The predicted octanol–water partition coefficient (Wildman–Crippen LogP) is 3.33. The third-order valence-corrected chi connectivity index (χ3v) is 6.74. The first-order valence-electron chi connectivity index (χ1n) is 9.70. The fourth-order valence-electron chi connectivity index (χ4n) is 4.22. The van der Waals surface area contributed by atoms with Gasteiger partial charge in [0.1, 0.15) is 0 Å². The molecule has 148 valence electrons. The molecule has 5 rings (SSSR count). The van der Waals surface area contributed by atoms with Crippen molar-refractivity contribution in [2.45, 2.75) is 37.9 Å². The highest BCUT2D eigenvalue weighted by atomic mass is 32.2. The Labute approximate surface area is 171 Å². The number of cyclic esters (lactones) is 1. The number of thioether (sulfide) groups is 1. The molecule has 0 saturated heterocycles. The number of esters is 1. The highest BCUT2D eigenvalue weighted by molar-refractivity contribution is 7.99. The maximum atomic E-state index is 13.5. The molecule has 1 N–H and O–H groups in total. The van der Waals surface area contributed by atoms with Crippen LogP contribution < -0.4 is 5.56 Å². The van der Waals surface area contributed by atoms with Gasteiger partial charge >= 0.3 is 5.97 Å². The average molecular weight is 408 g/mol. The van der Waals surface area contributed by atoms with Crippen LogP contribution in [0.2, 0.25) is 0 Å². The number of rotatable bonds is 3. The van der Waals surface area contributed by atoms with E-state index in [2.05, 4.69) is 6.07 Å². The van der Waals surface area contributed by atoms with Crippen LogP contribution >= 0.6 is 11.8 Å². The number of benzene rings is 1. The van der Waals surface area contributed by atoms with E-state index in [1.165, 1.54) is 11.8 Å². The number of ether oxygens (including phenoxy) is 1. The highest BCUT2D eigenvalue weighted by Crippen LogP contribution is 2.45. The lowest BCUT2D eigenvalue weighted by atomic mass is 9.86. The summed E-state index contributed by atoms with van der Waals surface area (Å²) in [6.07, 6.45) is 0.128. The Morgan fingerprint density at radius 1 is 1.28 bits per heavy atom. The molecule has 1 unspecified atom stereocenters. The minimum absolute atomic E-state index is 0.128. The number of pyridine rings is 2. The summed E-state index contributed by atoms with van der Waals surface area (Å²) in [5.41, 5.74) is 1.10. The van der Waals surface area contributed by atoms with Gasteiger partial charge in [0.05, 0.1) is 29.0 Å². The largest absolute Gasteiger partial charge is 0.444 e. The first kappa shape index (κ1) is 18.4. The molecule has 0 bridgehead atoms. The standard InChI is InChI=1S/C22H20N2O4S/c1-3-22(27)14-10-16-18-13(9-12-7-5-6-8-15(12)23-18)11-24(16)19(25)17(14)20(29-4-2)28-21(22)26/h5-10,20,27H,3-4,11H2,1-2H3/t20?,22-/m0/s1. The summed E-state index contributed by atoms with van der Waals surface area (Å²) in [7, 11) is 0. The molecule has 1 aromatic carbocycles. The Morgan fingerprint density at radius 3 is 2.83 bits per heavy atom. The van der Waals surface area contributed by atoms with Crippen LogP contribution in [0.5, 0.6) is 0 Å². The summed E-state index contributed by atoms with van der Waals surface area (Å²) in [5, 5.41) is 12.1. The van der Waals surface area contributed by atoms with E-state index in [0.29, 0.717) is 29.1 Å². The fourth-order valence-corrected chi connectivity index (χ4v) is 5.08. The van der Waals surface area contributed by atoms with Crippen LogP contribution in [-0.4, -0.2) is 26.4 Å². The molecule has 2 aliphatic heterocycles. The van der Waals surface area contributed by atoms with Crippen LogP contribution in [0.15, 0.2) is 41.2 Å². The van der Waals surface area contributed by atoms with Gasteiger partial charge in [-0.1, -0.05) is 32.0 Å². The minimum atomic E-state index is -1.82. The molecular weight excluding hydrogens is 388 g/mol. The topological polar surface area (TPSA) is 81.4 Å². The van der Waals surface area contributed by atoms with Gasteiger partial charge in [0.15, 0.2) is 11.0 Å². The van der Waals surface area contributed by atoms with Crippen LogP contribution in [0.25, 0.3) is 22.3 Å². The van der Waals surface area contributed by atoms with Crippen molar-refractivity contribution in [2.24, 2.45) is 0 Å². The van der Waals surface area contributed by atoms with Crippen LogP contribution in [-0.2, 0) is 21.7 Å². The minimum Gasteiger partial charge on any atom is -0.444 e. The molecule has 3 aromatic rings. The summed E-state index contributed by atoms with van der Waals surface area (Å²) in [6, 6.07) is 11.6. The number of carbonyl (C=O) groups is 1. The molecular formula is C22H20N2O4S. The van der Waals surface area contributed by atoms with Gasteiger partial charge in [0, 0.05) is 16.5 Å². The van der Waals surface area contributed by atoms with Gasteiger partial charge in [-0.25, -0.2) is 9.78 Å². The molecule has 6 nitrogen and oxygen atoms in total. The molecule has 29 heavy (non-hydrogen) atoms. The zero-order valence-corrected chi connectivity index (χ0v) is 17.0. The second kappa shape index (κ2) is 6.43. The normalized spacial score (nSPS) is 22.2. The predicted molar refractivity (Wildman–Crippen MR) is 112 cm³/mol. The summed E-state index contributed by atoms with van der Waals surface area (Å²) in [4.78, 5) is 30.9.